The minimum Gasteiger partial charge on any atom is -0.366 e. The van der Waals surface area contributed by atoms with E-state index in [0.717, 1.165) is 4.68 Å². The number of nitrogens with zero attached hydrogens (tertiary/aromatic N) is 5. The van der Waals surface area contributed by atoms with E-state index in [9.17, 15) is 0 Å². The van der Waals surface area contributed by atoms with Gasteiger partial charge in [-0.3, -0.25) is 0 Å². The minimum absolute atomic E-state index is 0. The first-order valence-electron chi connectivity index (χ1n) is 2.80. The van der Waals surface area contributed by atoms with E-state index in [1.54, 1.807) is 0 Å². The van der Waals surface area contributed by atoms with Crippen LogP contribution in [0.1, 0.15) is 0 Å². The summed E-state index contributed by atoms with van der Waals surface area (Å²) in [6.07, 6.45) is 0. The first-order valence-corrected chi connectivity index (χ1v) is 2.80. The second kappa shape index (κ2) is 2.41. The molecule has 0 atom stereocenters. The van der Waals surface area contributed by atoms with Gasteiger partial charge in [0, 0.05) is 0 Å². The fourth-order valence-corrected chi connectivity index (χ4v) is 0.782. The molecule has 2 aromatic rings. The predicted octanol–water partition coefficient (Wildman–Crippen LogP) is -1.77. The van der Waals surface area contributed by atoms with Crippen molar-refractivity contribution in [2.24, 2.45) is 0 Å². The highest BCUT2D eigenvalue weighted by molar-refractivity contribution is 5.85. The average Bonchev–Trinajstić information content (AvgIpc) is 2.43. The van der Waals surface area contributed by atoms with Crippen LogP contribution < -0.4 is 17.3 Å². The third-order valence-electron chi connectivity index (χ3n) is 1.31. The molecule has 0 spiro atoms. The van der Waals surface area contributed by atoms with Gasteiger partial charge in [0.05, 0.1) is 0 Å². The van der Waals surface area contributed by atoms with Crippen molar-refractivity contribution in [3.8, 4) is 0 Å². The zero-order valence-corrected chi connectivity index (χ0v) is 6.69. The van der Waals surface area contributed by atoms with Gasteiger partial charge in [-0.25, -0.2) is 0 Å². The molecule has 0 saturated carbocycles. The molecule has 0 amide bonds. The van der Waals surface area contributed by atoms with Gasteiger partial charge in [0.15, 0.2) is 0 Å². The zero-order chi connectivity index (χ0) is 8.01. The van der Waals surface area contributed by atoms with E-state index in [-0.39, 0.29) is 24.3 Å². The molecule has 6 N–H and O–H groups in total. The van der Waals surface area contributed by atoms with Crippen LogP contribution in [-0.4, -0.2) is 24.5 Å². The van der Waals surface area contributed by atoms with Crippen LogP contribution in [0.25, 0.3) is 5.78 Å². The summed E-state index contributed by atoms with van der Waals surface area (Å²) in [5, 5.41) is 10.9. The summed E-state index contributed by atoms with van der Waals surface area (Å²) < 4.78 is 2.36. The fourth-order valence-electron chi connectivity index (χ4n) is 0.782. The molecule has 66 valence electrons. The summed E-state index contributed by atoms with van der Waals surface area (Å²) in [5.41, 5.74) is 10.7. The Balaban J connectivity index is 0.000000720. The molecular weight excluding hydrogens is 184 g/mol. The van der Waals surface area contributed by atoms with E-state index in [4.69, 9.17) is 17.3 Å². The molecule has 0 fully saturated rings. The van der Waals surface area contributed by atoms with Gasteiger partial charge in [0.1, 0.15) is 0 Å². The number of rotatable bonds is 0. The van der Waals surface area contributed by atoms with Crippen molar-refractivity contribution < 1.29 is 0 Å². The molecule has 0 aliphatic carbocycles. The lowest BCUT2D eigenvalue weighted by Gasteiger charge is -1.87. The van der Waals surface area contributed by atoms with Gasteiger partial charge >= 0.3 is 0 Å². The van der Waals surface area contributed by atoms with E-state index < -0.39 is 0 Å². The van der Waals surface area contributed by atoms with E-state index in [1.807, 2.05) is 0 Å². The Kier molecular flexibility index (Phi) is 1.69. The maximum Gasteiger partial charge on any atom is 0.275 e. The number of halogens is 1. The highest BCUT2D eigenvalue weighted by Gasteiger charge is 2.09. The first kappa shape index (κ1) is 8.40. The van der Waals surface area contributed by atoms with Crippen LogP contribution in [0.15, 0.2) is 0 Å². The van der Waals surface area contributed by atoms with Crippen molar-refractivity contribution in [2.75, 3.05) is 17.3 Å². The van der Waals surface area contributed by atoms with Crippen molar-refractivity contribution in [1.82, 2.24) is 24.5 Å². The summed E-state index contributed by atoms with van der Waals surface area (Å²) in [4.78, 5) is 0. The van der Waals surface area contributed by atoms with Crippen molar-refractivity contribution >= 4 is 30.1 Å². The second-order valence-electron chi connectivity index (χ2n) is 2.00. The summed E-state index contributed by atoms with van der Waals surface area (Å²) in [7, 11) is 0. The SMILES string of the molecule is Cl.Nc1nn2c(N)nnc2n1N. The topological polar surface area (TPSA) is 126 Å². The van der Waals surface area contributed by atoms with Gasteiger partial charge in [-0.15, -0.1) is 27.7 Å². The Labute approximate surface area is 72.7 Å². The quantitative estimate of drug-likeness (QED) is 0.422. The smallest absolute Gasteiger partial charge is 0.275 e. The van der Waals surface area contributed by atoms with Crippen LogP contribution in [0.5, 0.6) is 0 Å². The predicted molar refractivity (Wildman–Crippen MR) is 45.0 cm³/mol. The number of fused-ring (bicyclic) bond motifs is 1. The third-order valence-corrected chi connectivity index (χ3v) is 1.31. The Morgan fingerprint density at radius 1 is 1.08 bits per heavy atom. The van der Waals surface area contributed by atoms with E-state index in [1.165, 1.54) is 4.52 Å². The number of nitrogen functional groups attached to an aromatic ring is 3. The average molecular weight is 191 g/mol. The molecule has 0 radical (unpaired) electrons. The van der Waals surface area contributed by atoms with Crippen molar-refractivity contribution in [3.63, 3.8) is 0 Å². The van der Waals surface area contributed by atoms with Gasteiger partial charge in [-0.2, -0.15) is 9.19 Å². The number of hydrogen-bond donors (Lipinski definition) is 3. The summed E-state index contributed by atoms with van der Waals surface area (Å²) in [6.45, 7) is 0. The van der Waals surface area contributed by atoms with Gasteiger partial charge in [0.25, 0.3) is 5.78 Å². The minimum atomic E-state index is 0. The highest BCUT2D eigenvalue weighted by atomic mass is 35.5. The molecule has 9 heteroatoms. The van der Waals surface area contributed by atoms with Crippen LogP contribution in [0.2, 0.25) is 0 Å². The summed E-state index contributed by atoms with van der Waals surface area (Å²) in [5.74, 6) is 6.02. The van der Waals surface area contributed by atoms with E-state index in [0.29, 0.717) is 5.78 Å². The zero-order valence-electron chi connectivity index (χ0n) is 5.88. The van der Waals surface area contributed by atoms with E-state index >= 15 is 0 Å². The van der Waals surface area contributed by atoms with Crippen LogP contribution in [0, 0.1) is 0 Å². The molecular formula is C3H7ClN8. The normalized spacial score (nSPS) is 10.0. The lowest BCUT2D eigenvalue weighted by atomic mass is 11.0. The van der Waals surface area contributed by atoms with Gasteiger partial charge in [-0.1, -0.05) is 0 Å². The molecule has 2 heterocycles. The lowest BCUT2D eigenvalue weighted by Crippen LogP contribution is -2.11. The molecule has 0 saturated heterocycles. The van der Waals surface area contributed by atoms with Crippen molar-refractivity contribution in [2.45, 2.75) is 0 Å². The summed E-state index contributed by atoms with van der Waals surface area (Å²) >= 11 is 0. The maximum atomic E-state index is 5.40. The Bertz CT molecular complexity index is 400. The van der Waals surface area contributed by atoms with E-state index in [2.05, 4.69) is 15.3 Å². The largest absolute Gasteiger partial charge is 0.366 e. The highest BCUT2D eigenvalue weighted by Crippen LogP contribution is 2.04. The molecule has 0 aliphatic heterocycles. The first-order chi connectivity index (χ1) is 5.20. The molecule has 0 aromatic carbocycles. The lowest BCUT2D eigenvalue weighted by molar-refractivity contribution is 0.970. The van der Waals surface area contributed by atoms with Crippen molar-refractivity contribution in [3.05, 3.63) is 0 Å². The van der Waals surface area contributed by atoms with Gasteiger partial charge in [0.2, 0.25) is 11.9 Å². The molecule has 0 aliphatic rings. The van der Waals surface area contributed by atoms with Crippen LogP contribution in [0.3, 0.4) is 0 Å². The molecule has 2 rings (SSSR count). The second-order valence-corrected chi connectivity index (χ2v) is 2.00. The Morgan fingerprint density at radius 3 is 2.33 bits per heavy atom. The fraction of sp³-hybridized carbons (Fsp3) is 0. The number of hydrogen-bond acceptors (Lipinski definition) is 6. The molecule has 0 bridgehead atoms. The van der Waals surface area contributed by atoms with Crippen molar-refractivity contribution in [1.29, 1.82) is 0 Å². The Hall–Kier alpha value is -1.70. The monoisotopic (exact) mass is 190 g/mol. The standard InChI is InChI=1S/C3H6N8.ClH/c4-1-7-8-3-10(6)2(5)9-11(1)3;/h6H2,(H2,4,7)(H2,5,9);1H. The molecule has 12 heavy (non-hydrogen) atoms. The maximum absolute atomic E-state index is 5.40. The number of aromatic nitrogens is 5. The number of nitrogens with two attached hydrogens (primary N) is 3. The Morgan fingerprint density at radius 2 is 1.75 bits per heavy atom. The molecule has 0 unspecified atom stereocenters. The van der Waals surface area contributed by atoms with Crippen LogP contribution in [-0.2, 0) is 0 Å². The number of anilines is 2. The van der Waals surface area contributed by atoms with Gasteiger partial charge in [-0.05, 0) is 0 Å². The third kappa shape index (κ3) is 0.815. The molecule has 8 nitrogen and oxygen atoms in total. The van der Waals surface area contributed by atoms with Crippen LogP contribution in [0.4, 0.5) is 11.9 Å². The van der Waals surface area contributed by atoms with Gasteiger partial charge < -0.3 is 17.3 Å². The van der Waals surface area contributed by atoms with Crippen LogP contribution >= 0.6 is 12.4 Å². The molecule has 2 aromatic heterocycles. The summed E-state index contributed by atoms with van der Waals surface area (Å²) in [6, 6.07) is 0.